The molecule has 0 spiro atoms. The zero-order chi connectivity index (χ0) is 11.5. The highest BCUT2D eigenvalue weighted by Crippen LogP contribution is 2.27. The molecule has 0 saturated carbocycles. The number of nitrogens with one attached hydrogen (secondary N) is 1. The summed E-state index contributed by atoms with van der Waals surface area (Å²) in [6.07, 6.45) is 0.375. The number of fused-ring (bicyclic) bond motifs is 1. The standard InChI is InChI=1S/C11H12N2O3/c1-16-11-9(6-7-13(14)15)8-4-2-3-5-10(8)12-11/h2-5,12H,6-7H2,1H3. The fourth-order valence-corrected chi connectivity index (χ4v) is 1.80. The maximum atomic E-state index is 10.4. The molecule has 84 valence electrons. The van der Waals surface area contributed by atoms with E-state index in [1.807, 2.05) is 24.3 Å². The van der Waals surface area contributed by atoms with E-state index in [1.165, 1.54) is 0 Å². The molecule has 1 aromatic carbocycles. The van der Waals surface area contributed by atoms with E-state index in [0.717, 1.165) is 16.5 Å². The summed E-state index contributed by atoms with van der Waals surface area (Å²) in [7, 11) is 1.56. The molecular formula is C11H12N2O3. The Hall–Kier alpha value is -2.04. The van der Waals surface area contributed by atoms with E-state index in [9.17, 15) is 10.1 Å². The molecule has 0 aliphatic rings. The fraction of sp³-hybridized carbons (Fsp3) is 0.273. The van der Waals surface area contributed by atoms with Crippen molar-refractivity contribution < 1.29 is 9.66 Å². The van der Waals surface area contributed by atoms with Crippen molar-refractivity contribution in [1.82, 2.24) is 4.98 Å². The lowest BCUT2D eigenvalue weighted by Gasteiger charge is -1.99. The summed E-state index contributed by atoms with van der Waals surface area (Å²) in [4.78, 5) is 13.2. The smallest absolute Gasteiger partial charge is 0.208 e. The maximum Gasteiger partial charge on any atom is 0.208 e. The average Bonchev–Trinajstić information content (AvgIpc) is 2.64. The largest absolute Gasteiger partial charge is 0.482 e. The van der Waals surface area contributed by atoms with Crippen LogP contribution in [-0.2, 0) is 6.42 Å². The van der Waals surface area contributed by atoms with Gasteiger partial charge in [0.1, 0.15) is 0 Å². The molecule has 0 bridgehead atoms. The highest BCUT2D eigenvalue weighted by atomic mass is 16.6. The van der Waals surface area contributed by atoms with E-state index < -0.39 is 0 Å². The summed E-state index contributed by atoms with van der Waals surface area (Å²) in [6.45, 7) is -0.0851. The van der Waals surface area contributed by atoms with Crippen LogP contribution < -0.4 is 4.74 Å². The summed E-state index contributed by atoms with van der Waals surface area (Å²) in [5.74, 6) is 0.614. The van der Waals surface area contributed by atoms with E-state index in [-0.39, 0.29) is 11.5 Å². The molecule has 0 radical (unpaired) electrons. The van der Waals surface area contributed by atoms with Crippen LogP contribution in [0.15, 0.2) is 24.3 Å². The quantitative estimate of drug-likeness (QED) is 0.632. The normalized spacial score (nSPS) is 10.6. The summed E-state index contributed by atoms with van der Waals surface area (Å²) in [6, 6.07) is 7.68. The molecule has 5 nitrogen and oxygen atoms in total. The van der Waals surface area contributed by atoms with Crippen LogP contribution in [0.4, 0.5) is 0 Å². The van der Waals surface area contributed by atoms with Gasteiger partial charge in [-0.1, -0.05) is 18.2 Å². The fourth-order valence-electron chi connectivity index (χ4n) is 1.80. The molecule has 0 fully saturated rings. The summed E-state index contributed by atoms with van der Waals surface area (Å²) in [5, 5.41) is 11.4. The molecule has 16 heavy (non-hydrogen) atoms. The molecule has 2 aromatic rings. The Morgan fingerprint density at radius 1 is 1.44 bits per heavy atom. The third-order valence-electron chi connectivity index (χ3n) is 2.52. The second-order valence-corrected chi connectivity index (χ2v) is 3.49. The predicted molar refractivity (Wildman–Crippen MR) is 60.4 cm³/mol. The lowest BCUT2D eigenvalue weighted by molar-refractivity contribution is -0.479. The molecule has 0 unspecified atom stereocenters. The number of para-hydroxylation sites is 1. The van der Waals surface area contributed by atoms with Crippen LogP contribution in [0.2, 0.25) is 0 Å². The van der Waals surface area contributed by atoms with Gasteiger partial charge in [0.25, 0.3) is 0 Å². The molecule has 0 aliphatic carbocycles. The topological polar surface area (TPSA) is 68.2 Å². The molecule has 1 heterocycles. The van der Waals surface area contributed by atoms with Gasteiger partial charge < -0.3 is 9.72 Å². The van der Waals surface area contributed by atoms with Crippen LogP contribution >= 0.6 is 0 Å². The number of nitrogens with zero attached hydrogens (tertiary/aromatic N) is 1. The summed E-state index contributed by atoms with van der Waals surface area (Å²) >= 11 is 0. The van der Waals surface area contributed by atoms with Crippen LogP contribution in [0.25, 0.3) is 10.9 Å². The van der Waals surface area contributed by atoms with Crippen LogP contribution in [0.5, 0.6) is 5.88 Å². The number of H-pyrrole nitrogens is 1. The van der Waals surface area contributed by atoms with Crippen molar-refractivity contribution in [3.63, 3.8) is 0 Å². The van der Waals surface area contributed by atoms with E-state index in [2.05, 4.69) is 4.98 Å². The van der Waals surface area contributed by atoms with Gasteiger partial charge in [-0.2, -0.15) is 0 Å². The van der Waals surface area contributed by atoms with Crippen LogP contribution in [0, 0.1) is 10.1 Å². The van der Waals surface area contributed by atoms with Gasteiger partial charge in [-0.25, -0.2) is 0 Å². The first-order valence-corrected chi connectivity index (χ1v) is 4.97. The van der Waals surface area contributed by atoms with Gasteiger partial charge in [0.2, 0.25) is 6.54 Å². The van der Waals surface area contributed by atoms with Crippen molar-refractivity contribution in [2.75, 3.05) is 13.7 Å². The number of nitro groups is 1. The minimum absolute atomic E-state index is 0.0851. The SMILES string of the molecule is COc1[nH]c2ccccc2c1CC[N+](=O)[O-]. The first-order valence-electron chi connectivity index (χ1n) is 4.97. The highest BCUT2D eigenvalue weighted by molar-refractivity contribution is 5.85. The lowest BCUT2D eigenvalue weighted by atomic mass is 10.1. The number of methoxy groups -OCH3 is 1. The minimum Gasteiger partial charge on any atom is -0.482 e. The van der Waals surface area contributed by atoms with Crippen LogP contribution in [0.3, 0.4) is 0 Å². The average molecular weight is 220 g/mol. The van der Waals surface area contributed by atoms with Gasteiger partial charge in [-0.3, -0.25) is 10.1 Å². The first-order chi connectivity index (χ1) is 7.72. The van der Waals surface area contributed by atoms with Crippen LogP contribution in [0.1, 0.15) is 5.56 Å². The third kappa shape index (κ3) is 1.84. The van der Waals surface area contributed by atoms with Crippen molar-refractivity contribution in [2.45, 2.75) is 6.42 Å². The second kappa shape index (κ2) is 4.22. The van der Waals surface area contributed by atoms with E-state index in [1.54, 1.807) is 7.11 Å². The van der Waals surface area contributed by atoms with Gasteiger partial charge in [0.15, 0.2) is 5.88 Å². The van der Waals surface area contributed by atoms with Gasteiger partial charge >= 0.3 is 0 Å². The number of rotatable bonds is 4. The monoisotopic (exact) mass is 220 g/mol. The Morgan fingerprint density at radius 3 is 2.88 bits per heavy atom. The lowest BCUT2D eigenvalue weighted by Crippen LogP contribution is -2.04. The molecule has 1 N–H and O–H groups in total. The molecule has 0 saturated heterocycles. The summed E-state index contributed by atoms with van der Waals surface area (Å²) < 4.78 is 5.18. The first kappa shape index (κ1) is 10.5. The Kier molecular flexibility index (Phi) is 2.76. The zero-order valence-electron chi connectivity index (χ0n) is 8.90. The third-order valence-corrected chi connectivity index (χ3v) is 2.52. The Balaban J connectivity index is 2.43. The van der Waals surface area contributed by atoms with Gasteiger partial charge in [-0.15, -0.1) is 0 Å². The van der Waals surface area contributed by atoms with Crippen molar-refractivity contribution in [2.24, 2.45) is 0 Å². The predicted octanol–water partition coefficient (Wildman–Crippen LogP) is 2.00. The summed E-state index contributed by atoms with van der Waals surface area (Å²) in [5.41, 5.74) is 1.81. The van der Waals surface area contributed by atoms with Crippen LogP contribution in [-0.4, -0.2) is 23.6 Å². The number of hydrogen-bond donors (Lipinski definition) is 1. The Morgan fingerprint density at radius 2 is 2.19 bits per heavy atom. The molecule has 5 heteroatoms. The van der Waals surface area contributed by atoms with Gasteiger partial charge in [0, 0.05) is 27.8 Å². The van der Waals surface area contributed by atoms with E-state index >= 15 is 0 Å². The van der Waals surface area contributed by atoms with Gasteiger partial charge in [-0.05, 0) is 6.07 Å². The molecule has 1 aromatic heterocycles. The number of aromatic nitrogens is 1. The Labute approximate surface area is 92.2 Å². The second-order valence-electron chi connectivity index (χ2n) is 3.49. The van der Waals surface area contributed by atoms with Crippen molar-refractivity contribution in [3.8, 4) is 5.88 Å². The van der Waals surface area contributed by atoms with Gasteiger partial charge in [0.05, 0.1) is 7.11 Å². The zero-order valence-corrected chi connectivity index (χ0v) is 8.90. The number of ether oxygens (including phenoxy) is 1. The Bertz CT molecular complexity index is 519. The van der Waals surface area contributed by atoms with Crippen molar-refractivity contribution in [3.05, 3.63) is 39.9 Å². The molecule has 0 atom stereocenters. The van der Waals surface area contributed by atoms with E-state index in [4.69, 9.17) is 4.74 Å². The molecule has 0 amide bonds. The molecule has 0 aliphatic heterocycles. The number of benzene rings is 1. The maximum absolute atomic E-state index is 10.4. The molecular weight excluding hydrogens is 208 g/mol. The number of aromatic amines is 1. The van der Waals surface area contributed by atoms with Crippen molar-refractivity contribution in [1.29, 1.82) is 0 Å². The van der Waals surface area contributed by atoms with E-state index in [0.29, 0.717) is 12.3 Å². The van der Waals surface area contributed by atoms with Crippen molar-refractivity contribution >= 4 is 10.9 Å². The minimum atomic E-state index is -0.318. The highest BCUT2D eigenvalue weighted by Gasteiger charge is 2.13. The number of hydrogen-bond acceptors (Lipinski definition) is 3. The molecule has 2 rings (SSSR count).